The molecule has 2 N–H and O–H groups in total. The Labute approximate surface area is 91.5 Å². The van der Waals surface area contributed by atoms with Crippen LogP contribution in [-0.4, -0.2) is 39.6 Å². The van der Waals surface area contributed by atoms with Gasteiger partial charge in [-0.1, -0.05) is 6.42 Å². The molecule has 0 saturated heterocycles. The molecule has 0 fully saturated rings. The fraction of sp³-hybridized carbons (Fsp3) is 0.900. The van der Waals surface area contributed by atoms with Crippen LogP contribution in [0.3, 0.4) is 0 Å². The van der Waals surface area contributed by atoms with Gasteiger partial charge in [0.25, 0.3) is 0 Å². The second-order valence-corrected chi connectivity index (χ2v) is 3.47. The lowest BCUT2D eigenvalue weighted by atomic mass is 10.1. The van der Waals surface area contributed by atoms with Crippen LogP contribution in [0.4, 0.5) is 4.79 Å². The molecule has 0 aromatic heterocycles. The van der Waals surface area contributed by atoms with Crippen LogP contribution < -0.4 is 10.6 Å². The first-order chi connectivity index (χ1) is 7.20. The summed E-state index contributed by atoms with van der Waals surface area (Å²) in [5.74, 6) is 0. The van der Waals surface area contributed by atoms with E-state index in [1.165, 1.54) is 7.11 Å². The third kappa shape index (κ3) is 9.49. The monoisotopic (exact) mass is 218 g/mol. The first kappa shape index (κ1) is 14.2. The van der Waals surface area contributed by atoms with E-state index in [-0.39, 0.29) is 12.1 Å². The number of ether oxygens (including phenoxy) is 2. The van der Waals surface area contributed by atoms with Crippen molar-refractivity contribution in [3.63, 3.8) is 0 Å². The molecule has 1 unspecified atom stereocenters. The smallest absolute Gasteiger partial charge is 0.407 e. The second kappa shape index (κ2) is 9.73. The SMILES string of the molecule is COCNCCCCC(C)NC(=O)OC. The minimum Gasteiger partial charge on any atom is -0.453 e. The lowest BCUT2D eigenvalue weighted by Crippen LogP contribution is -2.32. The molecule has 0 aromatic rings. The molecule has 15 heavy (non-hydrogen) atoms. The van der Waals surface area contributed by atoms with E-state index >= 15 is 0 Å². The van der Waals surface area contributed by atoms with Gasteiger partial charge in [0.2, 0.25) is 0 Å². The van der Waals surface area contributed by atoms with Crippen LogP contribution in [0.15, 0.2) is 0 Å². The van der Waals surface area contributed by atoms with E-state index in [2.05, 4.69) is 15.4 Å². The van der Waals surface area contributed by atoms with Gasteiger partial charge in [-0.3, -0.25) is 5.32 Å². The van der Waals surface area contributed by atoms with Crippen molar-refractivity contribution in [3.05, 3.63) is 0 Å². The quantitative estimate of drug-likeness (QED) is 0.473. The van der Waals surface area contributed by atoms with Gasteiger partial charge in [0.05, 0.1) is 13.8 Å². The Bertz CT molecular complexity index is 165. The van der Waals surface area contributed by atoms with Crippen molar-refractivity contribution in [3.8, 4) is 0 Å². The maximum atomic E-state index is 10.8. The van der Waals surface area contributed by atoms with Gasteiger partial charge in [-0.05, 0) is 26.3 Å². The molecule has 0 aliphatic carbocycles. The van der Waals surface area contributed by atoms with Gasteiger partial charge < -0.3 is 14.8 Å². The lowest BCUT2D eigenvalue weighted by molar-refractivity contribution is 0.166. The molecule has 90 valence electrons. The summed E-state index contributed by atoms with van der Waals surface area (Å²) in [5, 5.41) is 5.85. The Kier molecular flexibility index (Phi) is 9.21. The van der Waals surface area contributed by atoms with Crippen molar-refractivity contribution in [2.45, 2.75) is 32.2 Å². The zero-order chi connectivity index (χ0) is 11.5. The van der Waals surface area contributed by atoms with Crippen molar-refractivity contribution in [2.75, 3.05) is 27.5 Å². The molecular formula is C10H22N2O3. The normalized spacial score (nSPS) is 12.2. The third-order valence-corrected chi connectivity index (χ3v) is 2.04. The highest BCUT2D eigenvalue weighted by atomic mass is 16.5. The van der Waals surface area contributed by atoms with E-state index in [0.717, 1.165) is 25.8 Å². The molecule has 0 heterocycles. The molecule has 0 aromatic carbocycles. The van der Waals surface area contributed by atoms with Gasteiger partial charge in [0.1, 0.15) is 0 Å². The number of nitrogens with one attached hydrogen (secondary N) is 2. The zero-order valence-electron chi connectivity index (χ0n) is 9.84. The topological polar surface area (TPSA) is 59.6 Å². The third-order valence-electron chi connectivity index (χ3n) is 2.04. The summed E-state index contributed by atoms with van der Waals surface area (Å²) in [6.07, 6.45) is 2.75. The largest absolute Gasteiger partial charge is 0.453 e. The summed E-state index contributed by atoms with van der Waals surface area (Å²) >= 11 is 0. The fourth-order valence-corrected chi connectivity index (χ4v) is 1.21. The highest BCUT2D eigenvalue weighted by Crippen LogP contribution is 1.99. The number of amides is 1. The molecule has 0 bridgehead atoms. The Morgan fingerprint density at radius 3 is 2.67 bits per heavy atom. The molecule has 0 saturated carbocycles. The van der Waals surface area contributed by atoms with E-state index in [4.69, 9.17) is 4.74 Å². The number of unbranched alkanes of at least 4 members (excludes halogenated alkanes) is 1. The minimum absolute atomic E-state index is 0.167. The number of hydrogen-bond acceptors (Lipinski definition) is 4. The maximum absolute atomic E-state index is 10.8. The van der Waals surface area contributed by atoms with E-state index in [0.29, 0.717) is 6.73 Å². The average Bonchev–Trinajstić information content (AvgIpc) is 2.23. The Morgan fingerprint density at radius 1 is 1.33 bits per heavy atom. The van der Waals surface area contributed by atoms with Crippen LogP contribution in [0.2, 0.25) is 0 Å². The molecule has 1 atom stereocenters. The Morgan fingerprint density at radius 2 is 2.07 bits per heavy atom. The van der Waals surface area contributed by atoms with Gasteiger partial charge in [-0.25, -0.2) is 4.79 Å². The van der Waals surface area contributed by atoms with Crippen LogP contribution in [-0.2, 0) is 9.47 Å². The molecule has 0 rings (SSSR count). The van der Waals surface area contributed by atoms with Gasteiger partial charge in [0, 0.05) is 13.2 Å². The number of methoxy groups -OCH3 is 2. The molecular weight excluding hydrogens is 196 g/mol. The molecule has 5 heteroatoms. The minimum atomic E-state index is -0.361. The van der Waals surface area contributed by atoms with Crippen LogP contribution in [0.5, 0.6) is 0 Å². The molecule has 1 amide bonds. The Balaban J connectivity index is 3.23. The summed E-state index contributed by atoms with van der Waals surface area (Å²) in [5.41, 5.74) is 0. The van der Waals surface area contributed by atoms with Gasteiger partial charge >= 0.3 is 6.09 Å². The summed E-state index contributed by atoms with van der Waals surface area (Å²) in [6.45, 7) is 3.51. The van der Waals surface area contributed by atoms with Crippen LogP contribution in [0, 0.1) is 0 Å². The highest BCUT2D eigenvalue weighted by Gasteiger charge is 2.05. The molecule has 0 spiro atoms. The average molecular weight is 218 g/mol. The maximum Gasteiger partial charge on any atom is 0.407 e. The van der Waals surface area contributed by atoms with E-state index in [9.17, 15) is 4.79 Å². The van der Waals surface area contributed by atoms with Crippen molar-refractivity contribution in [1.82, 2.24) is 10.6 Å². The number of hydrogen-bond donors (Lipinski definition) is 2. The molecule has 0 aliphatic heterocycles. The fourth-order valence-electron chi connectivity index (χ4n) is 1.21. The number of carbonyl (C=O) groups is 1. The second-order valence-electron chi connectivity index (χ2n) is 3.47. The molecule has 5 nitrogen and oxygen atoms in total. The number of rotatable bonds is 8. The van der Waals surface area contributed by atoms with Gasteiger partial charge in [0.15, 0.2) is 0 Å². The first-order valence-corrected chi connectivity index (χ1v) is 5.24. The number of carbonyl (C=O) groups excluding carboxylic acids is 1. The summed E-state index contributed by atoms with van der Waals surface area (Å²) in [6, 6.07) is 0.167. The highest BCUT2D eigenvalue weighted by molar-refractivity contribution is 5.67. The molecule has 0 radical (unpaired) electrons. The van der Waals surface area contributed by atoms with Crippen molar-refractivity contribution in [1.29, 1.82) is 0 Å². The first-order valence-electron chi connectivity index (χ1n) is 5.24. The van der Waals surface area contributed by atoms with Crippen molar-refractivity contribution >= 4 is 6.09 Å². The summed E-state index contributed by atoms with van der Waals surface area (Å²) < 4.78 is 9.35. The van der Waals surface area contributed by atoms with E-state index in [1.54, 1.807) is 7.11 Å². The van der Waals surface area contributed by atoms with Gasteiger partial charge in [-0.15, -0.1) is 0 Å². The van der Waals surface area contributed by atoms with Crippen LogP contribution >= 0.6 is 0 Å². The standard InChI is InChI=1S/C10H22N2O3/c1-9(12-10(13)15-3)6-4-5-7-11-8-14-2/h9,11H,4-8H2,1-3H3,(H,12,13). The lowest BCUT2D eigenvalue weighted by Gasteiger charge is -2.12. The molecule has 0 aliphatic rings. The predicted molar refractivity (Wildman–Crippen MR) is 58.7 cm³/mol. The van der Waals surface area contributed by atoms with Crippen LogP contribution in [0.1, 0.15) is 26.2 Å². The van der Waals surface area contributed by atoms with Crippen LogP contribution in [0.25, 0.3) is 0 Å². The van der Waals surface area contributed by atoms with Crippen molar-refractivity contribution in [2.24, 2.45) is 0 Å². The van der Waals surface area contributed by atoms with Crippen molar-refractivity contribution < 1.29 is 14.3 Å². The summed E-state index contributed by atoms with van der Waals surface area (Å²) in [4.78, 5) is 10.8. The summed E-state index contributed by atoms with van der Waals surface area (Å²) in [7, 11) is 3.03. The van der Waals surface area contributed by atoms with E-state index in [1.807, 2.05) is 6.92 Å². The Hall–Kier alpha value is -0.810. The number of alkyl carbamates (subject to hydrolysis) is 1. The zero-order valence-corrected chi connectivity index (χ0v) is 9.84. The van der Waals surface area contributed by atoms with Gasteiger partial charge in [-0.2, -0.15) is 0 Å². The van der Waals surface area contributed by atoms with E-state index < -0.39 is 0 Å². The predicted octanol–water partition coefficient (Wildman–Crippen LogP) is 1.09.